The maximum absolute atomic E-state index is 12.6. The molecule has 0 radical (unpaired) electrons. The molecule has 0 bridgehead atoms. The number of benzene rings is 3. The van der Waals surface area contributed by atoms with Crippen LogP contribution in [-0.2, 0) is 17.6 Å². The van der Waals surface area contributed by atoms with Crippen LogP contribution in [0, 0.1) is 0 Å². The van der Waals surface area contributed by atoms with Crippen molar-refractivity contribution in [2.24, 2.45) is 0 Å². The van der Waals surface area contributed by atoms with Crippen molar-refractivity contribution in [3.63, 3.8) is 0 Å². The molecule has 7 heteroatoms. The summed E-state index contributed by atoms with van der Waals surface area (Å²) in [4.78, 5) is 33.6. The van der Waals surface area contributed by atoms with Crippen LogP contribution in [-0.4, -0.2) is 39.6 Å². The summed E-state index contributed by atoms with van der Waals surface area (Å²) in [5.74, 6) is -0.0530. The lowest BCUT2D eigenvalue weighted by atomic mass is 10.0. The fourth-order valence-corrected chi connectivity index (χ4v) is 4.62. The minimum Gasteiger partial charge on any atom is -0.494 e. The second kappa shape index (κ2) is 15.5. The molecule has 1 atom stereocenters. The summed E-state index contributed by atoms with van der Waals surface area (Å²) in [6.07, 6.45) is 10.7. The predicted molar refractivity (Wildman–Crippen MR) is 166 cm³/mol. The quantitative estimate of drug-likeness (QED) is 0.149. The molecular weight excluding hydrogens is 526 g/mol. The molecule has 0 spiro atoms. The minimum atomic E-state index is -1.08. The van der Waals surface area contributed by atoms with Crippen molar-refractivity contribution < 1.29 is 19.4 Å². The van der Waals surface area contributed by atoms with Gasteiger partial charge in [0.1, 0.15) is 11.8 Å². The van der Waals surface area contributed by atoms with Crippen molar-refractivity contribution in [2.45, 2.75) is 64.8 Å². The van der Waals surface area contributed by atoms with Crippen LogP contribution in [0.15, 0.2) is 85.2 Å². The zero-order valence-electron chi connectivity index (χ0n) is 24.4. The molecule has 7 nitrogen and oxygen atoms in total. The first-order chi connectivity index (χ1) is 20.5. The number of carbonyl (C=O) groups is 2. The Kier molecular flexibility index (Phi) is 11.2. The van der Waals surface area contributed by atoms with E-state index < -0.39 is 17.9 Å². The lowest BCUT2D eigenvalue weighted by Gasteiger charge is -2.15. The average molecular weight is 566 g/mol. The molecule has 4 aromatic rings. The summed E-state index contributed by atoms with van der Waals surface area (Å²) < 4.78 is 5.86. The standard InChI is InChI=1S/C35H39N3O4/c1-3-5-6-7-8-21-42-31-19-17-27(18-20-31)30-23-36-33(37-24-30)28-13-11-26(12-14-28)22-32(35(40)41)38-34(39)29-15-9-25(4-2)10-16-29/h9-20,23-24,32H,3-8,21-22H2,1-2H3,(H,38,39)(H,40,41). The summed E-state index contributed by atoms with van der Waals surface area (Å²) in [5, 5.41) is 12.4. The maximum atomic E-state index is 12.6. The van der Waals surface area contributed by atoms with Crippen molar-refractivity contribution in [2.75, 3.05) is 6.61 Å². The van der Waals surface area contributed by atoms with Crippen LogP contribution in [0.25, 0.3) is 22.5 Å². The molecule has 0 aliphatic heterocycles. The van der Waals surface area contributed by atoms with Crippen LogP contribution in [0.3, 0.4) is 0 Å². The number of carbonyl (C=O) groups excluding carboxylic acids is 1. The number of carboxylic acid groups (broad SMARTS) is 1. The van der Waals surface area contributed by atoms with E-state index in [1.807, 2.05) is 67.6 Å². The molecule has 0 aliphatic carbocycles. The topological polar surface area (TPSA) is 101 Å². The summed E-state index contributed by atoms with van der Waals surface area (Å²) in [7, 11) is 0. The van der Waals surface area contributed by atoms with E-state index in [2.05, 4.69) is 22.2 Å². The van der Waals surface area contributed by atoms with Crippen LogP contribution in [0.5, 0.6) is 5.75 Å². The molecule has 2 N–H and O–H groups in total. The molecule has 0 saturated carbocycles. The number of unbranched alkanes of at least 4 members (excludes halogenated alkanes) is 4. The zero-order chi connectivity index (χ0) is 29.7. The monoisotopic (exact) mass is 565 g/mol. The van der Waals surface area contributed by atoms with Gasteiger partial charge in [-0.2, -0.15) is 0 Å². The Morgan fingerprint density at radius 2 is 1.38 bits per heavy atom. The molecule has 3 aromatic carbocycles. The van der Waals surface area contributed by atoms with E-state index in [0.29, 0.717) is 11.4 Å². The Balaban J connectivity index is 1.32. The number of aromatic nitrogens is 2. The Labute approximate surface area is 248 Å². The van der Waals surface area contributed by atoms with Gasteiger partial charge in [-0.05, 0) is 53.8 Å². The Morgan fingerprint density at radius 3 is 2.00 bits per heavy atom. The van der Waals surface area contributed by atoms with E-state index in [9.17, 15) is 14.7 Å². The first-order valence-corrected chi connectivity index (χ1v) is 14.7. The van der Waals surface area contributed by atoms with E-state index in [-0.39, 0.29) is 6.42 Å². The molecule has 218 valence electrons. The smallest absolute Gasteiger partial charge is 0.326 e. The number of rotatable bonds is 15. The van der Waals surface area contributed by atoms with Crippen molar-refractivity contribution in [3.8, 4) is 28.3 Å². The minimum absolute atomic E-state index is 0.159. The molecule has 0 aliphatic rings. The van der Waals surface area contributed by atoms with Gasteiger partial charge in [-0.25, -0.2) is 14.8 Å². The van der Waals surface area contributed by atoms with Gasteiger partial charge in [0, 0.05) is 35.5 Å². The molecule has 1 unspecified atom stereocenters. The van der Waals surface area contributed by atoms with Crippen LogP contribution in [0.1, 0.15) is 67.4 Å². The number of ether oxygens (including phenoxy) is 1. The third-order valence-electron chi connectivity index (χ3n) is 7.24. The molecule has 1 heterocycles. The Morgan fingerprint density at radius 1 is 0.762 bits per heavy atom. The van der Waals surface area contributed by atoms with E-state index in [0.717, 1.165) is 53.0 Å². The lowest BCUT2D eigenvalue weighted by Crippen LogP contribution is -2.42. The highest BCUT2D eigenvalue weighted by atomic mass is 16.5. The first-order valence-electron chi connectivity index (χ1n) is 14.7. The predicted octanol–water partition coefficient (Wildman–Crippen LogP) is 7.15. The largest absolute Gasteiger partial charge is 0.494 e. The second-order valence-corrected chi connectivity index (χ2v) is 10.4. The fourth-order valence-electron chi connectivity index (χ4n) is 4.62. The molecule has 1 amide bonds. The fraction of sp³-hybridized carbons (Fsp3) is 0.314. The number of hydrogen-bond donors (Lipinski definition) is 2. The van der Waals surface area contributed by atoms with Gasteiger partial charge in [0.15, 0.2) is 5.82 Å². The van der Waals surface area contributed by atoms with Crippen molar-refractivity contribution in [1.29, 1.82) is 0 Å². The summed E-state index contributed by atoms with van der Waals surface area (Å²) >= 11 is 0. The number of aliphatic carboxylic acids is 1. The van der Waals surface area contributed by atoms with Gasteiger partial charge >= 0.3 is 5.97 Å². The summed E-state index contributed by atoms with van der Waals surface area (Å²) in [6, 6.07) is 21.5. The number of nitrogens with zero attached hydrogens (tertiary/aromatic N) is 2. The summed E-state index contributed by atoms with van der Waals surface area (Å²) in [6.45, 7) is 4.99. The third-order valence-corrected chi connectivity index (χ3v) is 7.24. The molecule has 0 saturated heterocycles. The first kappa shape index (κ1) is 30.4. The number of carboxylic acids is 1. The number of nitrogens with one attached hydrogen (secondary N) is 1. The lowest BCUT2D eigenvalue weighted by molar-refractivity contribution is -0.139. The number of amides is 1. The van der Waals surface area contributed by atoms with Crippen molar-refractivity contribution >= 4 is 11.9 Å². The van der Waals surface area contributed by atoms with Gasteiger partial charge in [0.05, 0.1) is 6.61 Å². The van der Waals surface area contributed by atoms with Crippen LogP contribution < -0.4 is 10.1 Å². The van der Waals surface area contributed by atoms with Crippen LogP contribution >= 0.6 is 0 Å². The molecule has 4 rings (SSSR count). The van der Waals surface area contributed by atoms with Gasteiger partial charge in [-0.15, -0.1) is 0 Å². The zero-order valence-corrected chi connectivity index (χ0v) is 24.4. The van der Waals surface area contributed by atoms with Gasteiger partial charge in [-0.1, -0.05) is 88.1 Å². The third kappa shape index (κ3) is 8.74. The molecule has 42 heavy (non-hydrogen) atoms. The second-order valence-electron chi connectivity index (χ2n) is 10.4. The number of hydrogen-bond acceptors (Lipinski definition) is 5. The van der Waals surface area contributed by atoms with Crippen molar-refractivity contribution in [1.82, 2.24) is 15.3 Å². The highest BCUT2D eigenvalue weighted by Crippen LogP contribution is 2.24. The highest BCUT2D eigenvalue weighted by Gasteiger charge is 2.21. The summed E-state index contributed by atoms with van der Waals surface area (Å²) in [5.41, 5.74) is 5.07. The SMILES string of the molecule is CCCCCCCOc1ccc(-c2cnc(-c3ccc(CC(NC(=O)c4ccc(CC)cc4)C(=O)O)cc3)nc2)cc1. The molecule has 0 fully saturated rings. The normalized spacial score (nSPS) is 11.6. The van der Waals surface area contributed by atoms with Crippen molar-refractivity contribution in [3.05, 3.63) is 102 Å². The van der Waals surface area contributed by atoms with Gasteiger partial charge in [-0.3, -0.25) is 4.79 Å². The van der Waals surface area contributed by atoms with Gasteiger partial charge < -0.3 is 15.2 Å². The van der Waals surface area contributed by atoms with Crippen LogP contribution in [0.4, 0.5) is 0 Å². The molecular formula is C35H39N3O4. The van der Waals surface area contributed by atoms with E-state index in [1.54, 1.807) is 24.5 Å². The van der Waals surface area contributed by atoms with E-state index in [4.69, 9.17) is 4.74 Å². The highest BCUT2D eigenvalue weighted by molar-refractivity contribution is 5.96. The van der Waals surface area contributed by atoms with Gasteiger partial charge in [0.2, 0.25) is 0 Å². The maximum Gasteiger partial charge on any atom is 0.326 e. The number of aryl methyl sites for hydroxylation is 1. The Hall–Kier alpha value is -4.52. The van der Waals surface area contributed by atoms with Gasteiger partial charge in [0.25, 0.3) is 5.91 Å². The van der Waals surface area contributed by atoms with E-state index in [1.165, 1.54) is 25.7 Å². The molecule has 1 aromatic heterocycles. The average Bonchev–Trinajstić information content (AvgIpc) is 3.03. The van der Waals surface area contributed by atoms with E-state index >= 15 is 0 Å². The Bertz CT molecular complexity index is 1420. The van der Waals surface area contributed by atoms with Crippen LogP contribution in [0.2, 0.25) is 0 Å².